The molecule has 33 heavy (non-hydrogen) atoms. The van der Waals surface area contributed by atoms with Crippen LogP contribution in [-0.2, 0) is 19.2 Å². The van der Waals surface area contributed by atoms with E-state index < -0.39 is 29.7 Å². The summed E-state index contributed by atoms with van der Waals surface area (Å²) in [5, 5.41) is 6.20. The van der Waals surface area contributed by atoms with Crippen LogP contribution in [0.4, 0.5) is 0 Å². The van der Waals surface area contributed by atoms with Crippen LogP contribution in [0.2, 0.25) is 0 Å². The second-order valence-corrected chi connectivity index (χ2v) is 7.93. The van der Waals surface area contributed by atoms with Crippen LogP contribution in [0, 0.1) is 0 Å². The summed E-state index contributed by atoms with van der Waals surface area (Å²) in [5.74, 6) is -2.85. The van der Waals surface area contributed by atoms with Crippen molar-refractivity contribution in [2.45, 2.75) is 25.3 Å². The molecule has 0 spiro atoms. The summed E-state index contributed by atoms with van der Waals surface area (Å²) in [6.07, 6.45) is 7.04. The summed E-state index contributed by atoms with van der Waals surface area (Å²) in [6.45, 7) is 0. The topological polar surface area (TPSA) is 126 Å². The van der Waals surface area contributed by atoms with E-state index in [9.17, 15) is 24.0 Å². The number of benzene rings is 1. The summed E-state index contributed by atoms with van der Waals surface area (Å²) in [6, 6.07) is 8.15. The Hall–Kier alpha value is -4.40. The number of carbonyl (C=O) groups is 5. The smallest absolute Gasteiger partial charge is 0.276 e. The minimum absolute atomic E-state index is 0.0430. The van der Waals surface area contributed by atoms with Gasteiger partial charge in [-0.2, -0.15) is 0 Å². The lowest BCUT2D eigenvalue weighted by Crippen LogP contribution is -2.51. The van der Waals surface area contributed by atoms with E-state index in [-0.39, 0.29) is 35.6 Å². The molecule has 5 amide bonds. The SMILES string of the molecule is O=C1CCC(N2C=C3CC=CC(C(=O)NC(=O)c4cc5ccccc5cn4)=C3C2=O)C(=O)N1. The van der Waals surface area contributed by atoms with Gasteiger partial charge in [0.15, 0.2) is 0 Å². The van der Waals surface area contributed by atoms with E-state index >= 15 is 0 Å². The summed E-state index contributed by atoms with van der Waals surface area (Å²) in [7, 11) is 0. The zero-order valence-corrected chi connectivity index (χ0v) is 17.3. The number of hydrogen-bond acceptors (Lipinski definition) is 6. The van der Waals surface area contributed by atoms with Gasteiger partial charge in [-0.3, -0.25) is 39.6 Å². The van der Waals surface area contributed by atoms with Gasteiger partial charge in [0.2, 0.25) is 11.8 Å². The standard InChI is InChI=1S/C24H18N4O5/c29-19-9-8-18(23(32)26-19)28-12-15-6-3-7-16(20(15)24(28)33)21(30)27-22(31)17-10-13-4-1-2-5-14(13)11-25-17/h1-5,7,10-12,18H,6,8-9H2,(H,26,29,32)(H,27,30,31). The van der Waals surface area contributed by atoms with Crippen molar-refractivity contribution in [1.82, 2.24) is 20.5 Å². The number of amides is 5. The lowest BCUT2D eigenvalue weighted by Gasteiger charge is -2.28. The predicted octanol–water partition coefficient (Wildman–Crippen LogP) is 1.28. The molecule has 1 fully saturated rings. The summed E-state index contributed by atoms with van der Waals surface area (Å²) >= 11 is 0. The maximum Gasteiger partial charge on any atom is 0.276 e. The van der Waals surface area contributed by atoms with Crippen LogP contribution < -0.4 is 10.6 Å². The zero-order valence-electron chi connectivity index (χ0n) is 17.3. The Morgan fingerprint density at radius 1 is 1.09 bits per heavy atom. The number of fused-ring (bicyclic) bond motifs is 2. The third-order valence-electron chi connectivity index (χ3n) is 5.84. The second kappa shape index (κ2) is 7.94. The van der Waals surface area contributed by atoms with Crippen LogP contribution in [-0.4, -0.2) is 45.5 Å². The number of pyridine rings is 1. The molecule has 9 heteroatoms. The number of imide groups is 2. The van der Waals surface area contributed by atoms with Crippen molar-refractivity contribution in [1.29, 1.82) is 0 Å². The minimum atomic E-state index is -0.825. The normalized spacial score (nSPS) is 20.0. The van der Waals surface area contributed by atoms with Crippen molar-refractivity contribution in [3.05, 3.63) is 77.3 Å². The summed E-state index contributed by atoms with van der Waals surface area (Å²) in [5.41, 5.74) is 0.847. The number of carbonyl (C=O) groups excluding carboxylic acids is 5. The van der Waals surface area contributed by atoms with E-state index in [2.05, 4.69) is 15.6 Å². The highest BCUT2D eigenvalue weighted by molar-refractivity contribution is 6.17. The lowest BCUT2D eigenvalue weighted by molar-refractivity contribution is -0.141. The molecule has 1 aromatic heterocycles. The molecule has 2 N–H and O–H groups in total. The first-order valence-corrected chi connectivity index (χ1v) is 10.4. The Labute approximate surface area is 187 Å². The number of nitrogens with zero attached hydrogens (tertiary/aromatic N) is 2. The number of hydrogen-bond donors (Lipinski definition) is 2. The first kappa shape index (κ1) is 20.5. The maximum atomic E-state index is 13.1. The van der Waals surface area contributed by atoms with Gasteiger partial charge < -0.3 is 4.90 Å². The van der Waals surface area contributed by atoms with E-state index in [0.29, 0.717) is 12.0 Å². The van der Waals surface area contributed by atoms with Crippen LogP contribution >= 0.6 is 0 Å². The quantitative estimate of drug-likeness (QED) is 0.690. The highest BCUT2D eigenvalue weighted by Crippen LogP contribution is 2.34. The van der Waals surface area contributed by atoms with E-state index in [0.717, 1.165) is 10.8 Å². The highest BCUT2D eigenvalue weighted by Gasteiger charge is 2.41. The van der Waals surface area contributed by atoms with Crippen molar-refractivity contribution in [2.24, 2.45) is 0 Å². The molecule has 2 aromatic rings. The molecular formula is C24H18N4O5. The number of rotatable bonds is 3. The van der Waals surface area contributed by atoms with Gasteiger partial charge in [0.05, 0.1) is 11.1 Å². The van der Waals surface area contributed by atoms with Crippen molar-refractivity contribution >= 4 is 40.3 Å². The lowest BCUT2D eigenvalue weighted by atomic mass is 9.93. The molecule has 3 aliphatic rings. The average molecular weight is 442 g/mol. The molecular weight excluding hydrogens is 424 g/mol. The molecule has 164 valence electrons. The van der Waals surface area contributed by atoms with E-state index in [1.54, 1.807) is 24.5 Å². The molecule has 1 aromatic carbocycles. The predicted molar refractivity (Wildman–Crippen MR) is 116 cm³/mol. The molecule has 1 unspecified atom stereocenters. The van der Waals surface area contributed by atoms with Crippen molar-refractivity contribution in [3.8, 4) is 0 Å². The number of nitrogens with one attached hydrogen (secondary N) is 2. The third-order valence-corrected chi connectivity index (χ3v) is 5.84. The summed E-state index contributed by atoms with van der Waals surface area (Å²) < 4.78 is 0. The van der Waals surface area contributed by atoms with Gasteiger partial charge in [-0.1, -0.05) is 36.4 Å². The molecule has 1 atom stereocenters. The van der Waals surface area contributed by atoms with Gasteiger partial charge in [-0.25, -0.2) is 0 Å². The molecule has 1 aliphatic carbocycles. The fourth-order valence-electron chi connectivity index (χ4n) is 4.20. The van der Waals surface area contributed by atoms with Crippen molar-refractivity contribution in [2.75, 3.05) is 0 Å². The van der Waals surface area contributed by atoms with E-state index in [1.807, 2.05) is 24.3 Å². The van der Waals surface area contributed by atoms with Crippen molar-refractivity contribution < 1.29 is 24.0 Å². The molecule has 2 aliphatic heterocycles. The minimum Gasteiger partial charge on any atom is -0.302 e. The van der Waals surface area contributed by atoms with Crippen LogP contribution in [0.3, 0.4) is 0 Å². The fraction of sp³-hybridized carbons (Fsp3) is 0.167. The average Bonchev–Trinajstić information content (AvgIpc) is 3.15. The van der Waals surface area contributed by atoms with Gasteiger partial charge >= 0.3 is 0 Å². The Bertz CT molecular complexity index is 1350. The van der Waals surface area contributed by atoms with Gasteiger partial charge in [0.25, 0.3) is 17.7 Å². The molecule has 0 bridgehead atoms. The number of aromatic nitrogens is 1. The van der Waals surface area contributed by atoms with Crippen LogP contribution in [0.25, 0.3) is 10.8 Å². The van der Waals surface area contributed by atoms with Crippen LogP contribution in [0.15, 0.2) is 71.6 Å². The molecule has 3 heterocycles. The fourth-order valence-corrected chi connectivity index (χ4v) is 4.20. The van der Waals surface area contributed by atoms with Gasteiger partial charge in [0.1, 0.15) is 11.7 Å². The Kier molecular flexibility index (Phi) is 4.93. The maximum absolute atomic E-state index is 13.1. The number of allylic oxidation sites excluding steroid dienone is 1. The van der Waals surface area contributed by atoms with Crippen LogP contribution in [0.1, 0.15) is 29.8 Å². The molecule has 0 radical (unpaired) electrons. The van der Waals surface area contributed by atoms with Gasteiger partial charge in [-0.05, 0) is 29.9 Å². The largest absolute Gasteiger partial charge is 0.302 e. The molecule has 9 nitrogen and oxygen atoms in total. The first-order chi connectivity index (χ1) is 15.9. The van der Waals surface area contributed by atoms with Crippen molar-refractivity contribution in [3.63, 3.8) is 0 Å². The van der Waals surface area contributed by atoms with Gasteiger partial charge in [0, 0.05) is 24.2 Å². The molecule has 0 saturated carbocycles. The van der Waals surface area contributed by atoms with Gasteiger partial charge in [-0.15, -0.1) is 0 Å². The Morgan fingerprint density at radius 2 is 1.88 bits per heavy atom. The first-order valence-electron chi connectivity index (χ1n) is 10.4. The monoisotopic (exact) mass is 442 g/mol. The second-order valence-electron chi connectivity index (χ2n) is 7.93. The third kappa shape index (κ3) is 3.63. The summed E-state index contributed by atoms with van der Waals surface area (Å²) in [4.78, 5) is 67.8. The highest BCUT2D eigenvalue weighted by atomic mass is 16.2. The Morgan fingerprint density at radius 3 is 2.67 bits per heavy atom. The number of piperidine rings is 1. The van der Waals surface area contributed by atoms with E-state index in [1.165, 1.54) is 11.0 Å². The molecule has 1 saturated heterocycles. The van der Waals surface area contributed by atoms with Crippen LogP contribution in [0.5, 0.6) is 0 Å². The Balaban J connectivity index is 1.39. The van der Waals surface area contributed by atoms with E-state index in [4.69, 9.17) is 0 Å². The zero-order chi connectivity index (χ0) is 23.1. The molecule has 5 rings (SSSR count).